The van der Waals surface area contributed by atoms with Gasteiger partial charge >= 0.3 is 6.01 Å². The van der Waals surface area contributed by atoms with Crippen LogP contribution in [0.25, 0.3) is 0 Å². The summed E-state index contributed by atoms with van der Waals surface area (Å²) in [6.45, 7) is 8.77. The predicted octanol–water partition coefficient (Wildman–Crippen LogP) is 2.86. The van der Waals surface area contributed by atoms with Gasteiger partial charge in [-0.25, -0.2) is 0 Å². The van der Waals surface area contributed by atoms with Crippen LogP contribution in [0, 0.1) is 0 Å². The molecule has 1 aliphatic rings. The zero-order valence-corrected chi connectivity index (χ0v) is 13.4. The zero-order chi connectivity index (χ0) is 15.1. The summed E-state index contributed by atoms with van der Waals surface area (Å²) in [7, 11) is 0. The first kappa shape index (κ1) is 15.8. The summed E-state index contributed by atoms with van der Waals surface area (Å²) in [6.07, 6.45) is 5.88. The highest BCUT2D eigenvalue weighted by Gasteiger charge is 2.21. The molecule has 0 bridgehead atoms. The molecule has 1 atom stereocenters. The van der Waals surface area contributed by atoms with Crippen LogP contribution in [0.2, 0.25) is 0 Å². The molecule has 1 aromatic rings. The van der Waals surface area contributed by atoms with E-state index in [1.807, 2.05) is 6.92 Å². The van der Waals surface area contributed by atoms with E-state index in [1.54, 1.807) is 0 Å². The van der Waals surface area contributed by atoms with Gasteiger partial charge in [0.2, 0.25) is 11.9 Å². The van der Waals surface area contributed by atoms with E-state index in [1.165, 1.54) is 25.7 Å². The SMILES string of the molecule is CCCOc1nc(NCC)nc(N2CCCCCC2C)n1. The first-order valence-electron chi connectivity index (χ1n) is 8.14. The molecule has 1 aromatic heterocycles. The van der Waals surface area contributed by atoms with E-state index in [2.05, 4.69) is 39.0 Å². The summed E-state index contributed by atoms with van der Waals surface area (Å²) in [6, 6.07) is 0.887. The highest BCUT2D eigenvalue weighted by molar-refractivity contribution is 5.39. The molecule has 1 saturated heterocycles. The molecule has 6 heteroatoms. The van der Waals surface area contributed by atoms with Crippen molar-refractivity contribution in [3.8, 4) is 6.01 Å². The van der Waals surface area contributed by atoms with Crippen LogP contribution in [0.1, 0.15) is 52.9 Å². The Morgan fingerprint density at radius 1 is 1.19 bits per heavy atom. The third-order valence-corrected chi connectivity index (χ3v) is 3.68. The molecule has 0 aromatic carbocycles. The predicted molar refractivity (Wildman–Crippen MR) is 85.1 cm³/mol. The number of aromatic nitrogens is 3. The van der Waals surface area contributed by atoms with Gasteiger partial charge in [-0.05, 0) is 33.1 Å². The lowest BCUT2D eigenvalue weighted by Gasteiger charge is -2.27. The molecule has 2 heterocycles. The van der Waals surface area contributed by atoms with E-state index in [4.69, 9.17) is 4.74 Å². The van der Waals surface area contributed by atoms with Crippen molar-refractivity contribution < 1.29 is 4.74 Å². The minimum Gasteiger partial charge on any atom is -0.463 e. The van der Waals surface area contributed by atoms with Gasteiger partial charge in [0.15, 0.2) is 0 Å². The summed E-state index contributed by atoms with van der Waals surface area (Å²) in [5, 5.41) is 3.17. The topological polar surface area (TPSA) is 63.2 Å². The van der Waals surface area contributed by atoms with Gasteiger partial charge in [0, 0.05) is 19.1 Å². The molecule has 0 saturated carbocycles. The molecule has 0 radical (unpaired) electrons. The van der Waals surface area contributed by atoms with Gasteiger partial charge < -0.3 is 15.0 Å². The highest BCUT2D eigenvalue weighted by Crippen LogP contribution is 2.23. The Balaban J connectivity index is 2.24. The fourth-order valence-electron chi connectivity index (χ4n) is 2.54. The van der Waals surface area contributed by atoms with E-state index >= 15 is 0 Å². The second-order valence-electron chi connectivity index (χ2n) is 5.51. The first-order chi connectivity index (χ1) is 10.2. The molecule has 2 rings (SSSR count). The van der Waals surface area contributed by atoms with E-state index in [0.717, 1.165) is 25.5 Å². The van der Waals surface area contributed by atoms with E-state index in [-0.39, 0.29) is 0 Å². The summed E-state index contributed by atoms with van der Waals surface area (Å²) < 4.78 is 5.61. The average Bonchev–Trinajstić information content (AvgIpc) is 2.70. The Bertz CT molecular complexity index is 440. The lowest BCUT2D eigenvalue weighted by molar-refractivity contribution is 0.291. The van der Waals surface area contributed by atoms with Crippen LogP contribution in [-0.2, 0) is 0 Å². The zero-order valence-electron chi connectivity index (χ0n) is 13.4. The van der Waals surface area contributed by atoms with Crippen LogP contribution in [0.15, 0.2) is 0 Å². The number of nitrogens with zero attached hydrogens (tertiary/aromatic N) is 4. The number of hydrogen-bond donors (Lipinski definition) is 1. The molecule has 118 valence electrons. The fourth-order valence-corrected chi connectivity index (χ4v) is 2.54. The second kappa shape index (κ2) is 8.00. The van der Waals surface area contributed by atoms with Crippen LogP contribution < -0.4 is 15.0 Å². The van der Waals surface area contributed by atoms with E-state index in [9.17, 15) is 0 Å². The molecule has 0 amide bonds. The molecule has 1 fully saturated rings. The number of anilines is 2. The van der Waals surface area contributed by atoms with Gasteiger partial charge in [-0.1, -0.05) is 19.8 Å². The quantitative estimate of drug-likeness (QED) is 0.870. The molecule has 1 aliphatic heterocycles. The smallest absolute Gasteiger partial charge is 0.323 e. The third-order valence-electron chi connectivity index (χ3n) is 3.68. The van der Waals surface area contributed by atoms with Gasteiger partial charge in [0.25, 0.3) is 0 Å². The standard InChI is InChI=1S/C15H27N5O/c1-4-11-21-15-18-13(16-5-2)17-14(19-15)20-10-8-6-7-9-12(20)3/h12H,4-11H2,1-3H3,(H,16,17,18,19). The van der Waals surface area contributed by atoms with Crippen molar-refractivity contribution in [1.82, 2.24) is 15.0 Å². The molecular weight excluding hydrogens is 266 g/mol. The van der Waals surface area contributed by atoms with Gasteiger partial charge in [0.05, 0.1) is 6.61 Å². The summed E-state index contributed by atoms with van der Waals surface area (Å²) in [5.41, 5.74) is 0. The number of rotatable bonds is 6. The highest BCUT2D eigenvalue weighted by atomic mass is 16.5. The summed E-state index contributed by atoms with van der Waals surface area (Å²) >= 11 is 0. The molecule has 1 N–H and O–H groups in total. The summed E-state index contributed by atoms with van der Waals surface area (Å²) in [4.78, 5) is 15.7. The van der Waals surface area contributed by atoms with Crippen molar-refractivity contribution in [3.05, 3.63) is 0 Å². The Labute approximate surface area is 127 Å². The maximum atomic E-state index is 5.61. The maximum absolute atomic E-state index is 5.61. The Kier molecular flexibility index (Phi) is 6.02. The lowest BCUT2D eigenvalue weighted by atomic mass is 10.1. The first-order valence-corrected chi connectivity index (χ1v) is 8.14. The Morgan fingerprint density at radius 3 is 2.81 bits per heavy atom. The Hall–Kier alpha value is -1.59. The normalized spacial score (nSPS) is 19.2. The monoisotopic (exact) mass is 293 g/mol. The van der Waals surface area contributed by atoms with Crippen LogP contribution in [-0.4, -0.2) is 40.7 Å². The number of hydrogen-bond acceptors (Lipinski definition) is 6. The van der Waals surface area contributed by atoms with E-state index < -0.39 is 0 Å². The number of ether oxygens (including phenoxy) is 1. The van der Waals surface area contributed by atoms with Gasteiger partial charge in [-0.2, -0.15) is 15.0 Å². The molecule has 0 spiro atoms. The number of nitrogens with one attached hydrogen (secondary N) is 1. The largest absolute Gasteiger partial charge is 0.463 e. The second-order valence-corrected chi connectivity index (χ2v) is 5.51. The van der Waals surface area contributed by atoms with Crippen molar-refractivity contribution in [1.29, 1.82) is 0 Å². The van der Waals surface area contributed by atoms with Gasteiger partial charge in [0.1, 0.15) is 0 Å². The Morgan fingerprint density at radius 2 is 2.05 bits per heavy atom. The molecule has 1 unspecified atom stereocenters. The lowest BCUT2D eigenvalue weighted by Crippen LogP contribution is -2.34. The average molecular weight is 293 g/mol. The maximum Gasteiger partial charge on any atom is 0.323 e. The van der Waals surface area contributed by atoms with Crippen LogP contribution in [0.3, 0.4) is 0 Å². The molecule has 21 heavy (non-hydrogen) atoms. The summed E-state index contributed by atoms with van der Waals surface area (Å²) in [5.74, 6) is 1.34. The van der Waals surface area contributed by atoms with Crippen molar-refractivity contribution in [2.45, 2.75) is 58.9 Å². The van der Waals surface area contributed by atoms with Crippen LogP contribution in [0.4, 0.5) is 11.9 Å². The molecular formula is C15H27N5O. The van der Waals surface area contributed by atoms with Crippen LogP contribution >= 0.6 is 0 Å². The van der Waals surface area contributed by atoms with Crippen molar-refractivity contribution >= 4 is 11.9 Å². The van der Waals surface area contributed by atoms with Gasteiger partial charge in [-0.15, -0.1) is 0 Å². The molecule has 6 nitrogen and oxygen atoms in total. The van der Waals surface area contributed by atoms with Crippen LogP contribution in [0.5, 0.6) is 6.01 Å². The van der Waals surface area contributed by atoms with Crippen molar-refractivity contribution in [2.75, 3.05) is 29.9 Å². The minimum absolute atomic E-state index is 0.425. The fraction of sp³-hybridized carbons (Fsp3) is 0.800. The van der Waals surface area contributed by atoms with Gasteiger partial charge in [-0.3, -0.25) is 0 Å². The third kappa shape index (κ3) is 4.44. The molecule has 0 aliphatic carbocycles. The van der Waals surface area contributed by atoms with Crippen molar-refractivity contribution in [3.63, 3.8) is 0 Å². The van der Waals surface area contributed by atoms with Crippen molar-refractivity contribution in [2.24, 2.45) is 0 Å². The minimum atomic E-state index is 0.425. The van der Waals surface area contributed by atoms with E-state index in [0.29, 0.717) is 24.6 Å².